The highest BCUT2D eigenvalue weighted by Crippen LogP contribution is 2.25. The monoisotopic (exact) mass is 329 g/mol. The summed E-state index contributed by atoms with van der Waals surface area (Å²) in [7, 11) is 0. The van der Waals surface area contributed by atoms with E-state index < -0.39 is 6.10 Å². The molecule has 1 aromatic heterocycles. The minimum absolute atomic E-state index is 0.342. The van der Waals surface area contributed by atoms with Gasteiger partial charge in [-0.2, -0.15) is 0 Å². The molecule has 2 atom stereocenters. The summed E-state index contributed by atoms with van der Waals surface area (Å²) in [5, 5.41) is 11.4. The summed E-state index contributed by atoms with van der Waals surface area (Å²) < 4.78 is 5.87. The van der Waals surface area contributed by atoms with Crippen molar-refractivity contribution >= 4 is 10.9 Å². The number of ether oxygens (including phenoxy) is 1. The van der Waals surface area contributed by atoms with Gasteiger partial charge in [0.1, 0.15) is 18.5 Å². The molecule has 0 bridgehead atoms. The van der Waals surface area contributed by atoms with Crippen LogP contribution in [0.3, 0.4) is 0 Å². The SMILES string of the molecule is OC(COc1cccc2[nH]ccc12)CN1CCC(N2CCCC2)C1. The molecule has 5 nitrogen and oxygen atoms in total. The van der Waals surface area contributed by atoms with E-state index in [1.54, 1.807) is 0 Å². The average molecular weight is 329 g/mol. The Morgan fingerprint density at radius 1 is 1.21 bits per heavy atom. The summed E-state index contributed by atoms with van der Waals surface area (Å²) in [6.07, 6.45) is 5.39. The number of benzene rings is 1. The zero-order valence-electron chi connectivity index (χ0n) is 14.2. The minimum Gasteiger partial charge on any atom is -0.490 e. The molecule has 0 radical (unpaired) electrons. The second-order valence-electron chi connectivity index (χ2n) is 7.11. The highest BCUT2D eigenvalue weighted by atomic mass is 16.5. The molecule has 2 unspecified atom stereocenters. The van der Waals surface area contributed by atoms with E-state index in [4.69, 9.17) is 4.74 Å². The predicted octanol–water partition coefficient (Wildman–Crippen LogP) is 2.08. The number of rotatable bonds is 6. The first kappa shape index (κ1) is 15.9. The van der Waals surface area contributed by atoms with E-state index in [0.717, 1.165) is 29.7 Å². The van der Waals surface area contributed by atoms with E-state index in [1.165, 1.54) is 32.4 Å². The van der Waals surface area contributed by atoms with Crippen molar-refractivity contribution in [1.29, 1.82) is 0 Å². The van der Waals surface area contributed by atoms with Crippen LogP contribution in [0.2, 0.25) is 0 Å². The van der Waals surface area contributed by atoms with E-state index in [-0.39, 0.29) is 0 Å². The Kier molecular flexibility index (Phi) is 4.74. The van der Waals surface area contributed by atoms with Gasteiger partial charge < -0.3 is 14.8 Å². The van der Waals surface area contributed by atoms with Gasteiger partial charge in [-0.1, -0.05) is 6.07 Å². The molecule has 5 heteroatoms. The first-order valence-electron chi connectivity index (χ1n) is 9.13. The minimum atomic E-state index is -0.448. The van der Waals surface area contributed by atoms with Crippen LogP contribution in [0.15, 0.2) is 30.5 Å². The Hall–Kier alpha value is -1.56. The number of aromatic amines is 1. The molecule has 2 saturated heterocycles. The van der Waals surface area contributed by atoms with Crippen molar-refractivity contribution in [3.05, 3.63) is 30.5 Å². The van der Waals surface area contributed by atoms with Crippen LogP contribution in [-0.4, -0.2) is 71.4 Å². The van der Waals surface area contributed by atoms with Gasteiger partial charge in [0.2, 0.25) is 0 Å². The van der Waals surface area contributed by atoms with Gasteiger partial charge in [0.05, 0.1) is 0 Å². The van der Waals surface area contributed by atoms with Crippen LogP contribution in [0.1, 0.15) is 19.3 Å². The number of aromatic nitrogens is 1. The number of nitrogens with zero attached hydrogens (tertiary/aromatic N) is 2. The second kappa shape index (κ2) is 7.13. The van der Waals surface area contributed by atoms with Gasteiger partial charge in [-0.05, 0) is 57.1 Å². The van der Waals surface area contributed by atoms with Crippen LogP contribution in [-0.2, 0) is 0 Å². The normalized spacial score (nSPS) is 24.0. The Balaban J connectivity index is 1.26. The first-order valence-corrected chi connectivity index (χ1v) is 9.13. The molecule has 2 N–H and O–H groups in total. The molecule has 1 aromatic carbocycles. The maximum absolute atomic E-state index is 10.4. The van der Waals surface area contributed by atoms with E-state index in [9.17, 15) is 5.11 Å². The Morgan fingerprint density at radius 2 is 2.08 bits per heavy atom. The molecular weight excluding hydrogens is 302 g/mol. The summed E-state index contributed by atoms with van der Waals surface area (Å²) >= 11 is 0. The van der Waals surface area contributed by atoms with Gasteiger partial charge in [0.25, 0.3) is 0 Å². The number of aliphatic hydroxyl groups excluding tert-OH is 1. The highest BCUT2D eigenvalue weighted by molar-refractivity contribution is 5.85. The van der Waals surface area contributed by atoms with Crippen molar-refractivity contribution < 1.29 is 9.84 Å². The molecule has 0 saturated carbocycles. The number of hydrogen-bond donors (Lipinski definition) is 2. The van der Waals surface area contributed by atoms with E-state index >= 15 is 0 Å². The molecule has 2 aliphatic heterocycles. The molecule has 130 valence electrons. The summed E-state index contributed by atoms with van der Waals surface area (Å²) in [5.74, 6) is 0.837. The quantitative estimate of drug-likeness (QED) is 0.852. The Labute approximate surface area is 143 Å². The van der Waals surface area contributed by atoms with Gasteiger partial charge in [-0.3, -0.25) is 9.80 Å². The topological polar surface area (TPSA) is 51.7 Å². The lowest BCUT2D eigenvalue weighted by molar-refractivity contribution is 0.0739. The number of H-pyrrole nitrogens is 1. The lowest BCUT2D eigenvalue weighted by Gasteiger charge is -2.24. The lowest BCUT2D eigenvalue weighted by atomic mass is 10.2. The predicted molar refractivity (Wildman–Crippen MR) is 95.5 cm³/mol. The molecule has 0 aliphatic carbocycles. The third-order valence-corrected chi connectivity index (χ3v) is 5.36. The fourth-order valence-corrected chi connectivity index (χ4v) is 4.10. The molecule has 2 aliphatic rings. The number of β-amino-alcohol motifs (C(OH)–C–C–N with tert-alkyl or cyclic N) is 1. The van der Waals surface area contributed by atoms with Crippen molar-refractivity contribution in [2.45, 2.75) is 31.4 Å². The summed E-state index contributed by atoms with van der Waals surface area (Å²) in [5.41, 5.74) is 1.06. The molecule has 0 amide bonds. The smallest absolute Gasteiger partial charge is 0.128 e. The van der Waals surface area contributed by atoms with E-state index in [0.29, 0.717) is 19.2 Å². The van der Waals surface area contributed by atoms with Crippen LogP contribution >= 0.6 is 0 Å². The van der Waals surface area contributed by atoms with Crippen molar-refractivity contribution in [3.63, 3.8) is 0 Å². The van der Waals surface area contributed by atoms with E-state index in [1.807, 2.05) is 30.5 Å². The molecule has 2 aromatic rings. The third-order valence-electron chi connectivity index (χ3n) is 5.36. The Bertz CT molecular complexity index is 665. The highest BCUT2D eigenvalue weighted by Gasteiger charge is 2.30. The van der Waals surface area contributed by atoms with Gasteiger partial charge in [-0.25, -0.2) is 0 Å². The number of fused-ring (bicyclic) bond motifs is 1. The van der Waals surface area contributed by atoms with Crippen LogP contribution in [0.5, 0.6) is 5.75 Å². The van der Waals surface area contributed by atoms with Gasteiger partial charge in [0.15, 0.2) is 0 Å². The lowest BCUT2D eigenvalue weighted by Crippen LogP contribution is -2.38. The number of nitrogens with one attached hydrogen (secondary N) is 1. The summed E-state index contributed by atoms with van der Waals surface area (Å²) in [4.78, 5) is 8.19. The molecule has 2 fully saturated rings. The zero-order valence-corrected chi connectivity index (χ0v) is 14.2. The van der Waals surface area contributed by atoms with Crippen LogP contribution in [0, 0.1) is 0 Å². The van der Waals surface area contributed by atoms with Gasteiger partial charge in [-0.15, -0.1) is 0 Å². The van der Waals surface area contributed by atoms with Crippen molar-refractivity contribution in [2.24, 2.45) is 0 Å². The molecule has 4 rings (SSSR count). The maximum atomic E-state index is 10.4. The fourth-order valence-electron chi connectivity index (χ4n) is 4.10. The second-order valence-corrected chi connectivity index (χ2v) is 7.11. The third kappa shape index (κ3) is 3.43. The van der Waals surface area contributed by atoms with Crippen molar-refractivity contribution in [2.75, 3.05) is 39.3 Å². The number of aliphatic hydroxyl groups is 1. The molecular formula is C19H27N3O2. The van der Waals surface area contributed by atoms with Crippen molar-refractivity contribution in [3.8, 4) is 5.75 Å². The van der Waals surface area contributed by atoms with Gasteiger partial charge >= 0.3 is 0 Å². The van der Waals surface area contributed by atoms with Crippen molar-refractivity contribution in [1.82, 2.24) is 14.8 Å². The van der Waals surface area contributed by atoms with Gasteiger partial charge in [0, 0.05) is 36.2 Å². The number of hydrogen-bond acceptors (Lipinski definition) is 4. The first-order chi connectivity index (χ1) is 11.8. The van der Waals surface area contributed by atoms with Crippen LogP contribution < -0.4 is 4.74 Å². The standard InChI is InChI=1S/C19H27N3O2/c23-16(13-21-11-7-15(12-21)22-9-1-2-10-22)14-24-19-5-3-4-18-17(19)6-8-20-18/h3-6,8,15-16,20,23H,1-2,7,9-14H2. The van der Waals surface area contributed by atoms with E-state index in [2.05, 4.69) is 14.8 Å². The van der Waals surface area contributed by atoms with Crippen LogP contribution in [0.25, 0.3) is 10.9 Å². The number of likely N-dealkylation sites (tertiary alicyclic amines) is 2. The molecule has 3 heterocycles. The summed E-state index contributed by atoms with van der Waals surface area (Å²) in [6.45, 7) is 5.73. The zero-order chi connectivity index (χ0) is 16.4. The maximum Gasteiger partial charge on any atom is 0.128 e. The molecule has 0 spiro atoms. The average Bonchev–Trinajstić information content (AvgIpc) is 3.32. The van der Waals surface area contributed by atoms with Crippen LogP contribution in [0.4, 0.5) is 0 Å². The molecule has 24 heavy (non-hydrogen) atoms. The largest absolute Gasteiger partial charge is 0.490 e. The fraction of sp³-hybridized carbons (Fsp3) is 0.579. The Morgan fingerprint density at radius 3 is 2.96 bits per heavy atom. The summed E-state index contributed by atoms with van der Waals surface area (Å²) in [6, 6.07) is 8.66.